The van der Waals surface area contributed by atoms with Crippen LogP contribution < -0.4 is 11.1 Å². The largest absolute Gasteiger partial charge is 0.397 e. The molecule has 0 aliphatic carbocycles. The minimum atomic E-state index is -0.0885. The quantitative estimate of drug-likeness (QED) is 0.846. The average molecular weight is 287 g/mol. The van der Waals surface area contributed by atoms with Gasteiger partial charge in [-0.15, -0.1) is 0 Å². The van der Waals surface area contributed by atoms with Crippen LogP contribution in [-0.2, 0) is 6.54 Å². The third-order valence-corrected chi connectivity index (χ3v) is 3.26. The molecule has 0 saturated heterocycles. The van der Waals surface area contributed by atoms with Gasteiger partial charge in [-0.3, -0.25) is 9.48 Å². The molecule has 2 aromatic rings. The fraction of sp³-hybridized carbons (Fsp3) is 0.333. The molecule has 1 aromatic carbocycles. The number of nitrogen functional groups attached to an aromatic ring is 1. The van der Waals surface area contributed by atoms with E-state index in [0.29, 0.717) is 23.6 Å². The highest BCUT2D eigenvalue weighted by Crippen LogP contribution is 2.28. The highest BCUT2D eigenvalue weighted by atomic mass is 16.2. The molecule has 3 N–H and O–H groups in total. The van der Waals surface area contributed by atoms with E-state index >= 15 is 0 Å². The first-order valence-corrected chi connectivity index (χ1v) is 6.86. The van der Waals surface area contributed by atoms with Crippen LogP contribution >= 0.6 is 0 Å². The van der Waals surface area contributed by atoms with Crippen LogP contribution in [0.15, 0.2) is 24.3 Å². The first kappa shape index (κ1) is 14.9. The lowest BCUT2D eigenvalue weighted by atomic mass is 10.2. The lowest BCUT2D eigenvalue weighted by molar-refractivity contribution is 0.0816. The molecule has 112 valence electrons. The van der Waals surface area contributed by atoms with Crippen LogP contribution in [0.25, 0.3) is 0 Å². The maximum absolute atomic E-state index is 12.4. The van der Waals surface area contributed by atoms with Gasteiger partial charge in [-0.1, -0.05) is 12.1 Å². The molecule has 0 atom stereocenters. The molecule has 1 heterocycles. The predicted octanol–water partition coefficient (Wildman–Crippen LogP) is 2.24. The van der Waals surface area contributed by atoms with Gasteiger partial charge in [0.2, 0.25) is 0 Å². The lowest BCUT2D eigenvalue weighted by Gasteiger charge is -2.15. The summed E-state index contributed by atoms with van der Waals surface area (Å²) in [5.74, 6) is -0.0885. The maximum Gasteiger partial charge on any atom is 0.273 e. The van der Waals surface area contributed by atoms with Gasteiger partial charge in [0.15, 0.2) is 0 Å². The van der Waals surface area contributed by atoms with Crippen LogP contribution in [0.5, 0.6) is 0 Å². The number of rotatable bonds is 4. The fourth-order valence-electron chi connectivity index (χ4n) is 2.13. The van der Waals surface area contributed by atoms with Crippen molar-refractivity contribution in [1.29, 1.82) is 0 Å². The Balaban J connectivity index is 2.50. The van der Waals surface area contributed by atoms with Gasteiger partial charge in [-0.2, -0.15) is 5.10 Å². The SMILES string of the molecule is CCn1nc(C)c(Nc2ccccc2N)c1C(=O)N(C)C. The summed E-state index contributed by atoms with van der Waals surface area (Å²) < 4.78 is 1.71. The maximum atomic E-state index is 12.4. The molecule has 2 rings (SSSR count). The Bertz CT molecular complexity index is 660. The van der Waals surface area contributed by atoms with Gasteiger partial charge < -0.3 is 16.0 Å². The summed E-state index contributed by atoms with van der Waals surface area (Å²) in [6.45, 7) is 4.46. The Kier molecular flexibility index (Phi) is 4.16. The Hall–Kier alpha value is -2.50. The van der Waals surface area contributed by atoms with Crippen LogP contribution in [0, 0.1) is 6.92 Å². The summed E-state index contributed by atoms with van der Waals surface area (Å²) in [7, 11) is 3.46. The van der Waals surface area contributed by atoms with Crippen molar-refractivity contribution in [1.82, 2.24) is 14.7 Å². The first-order chi connectivity index (χ1) is 9.95. The number of carbonyl (C=O) groups excluding carboxylic acids is 1. The molecule has 0 unspecified atom stereocenters. The number of para-hydroxylation sites is 2. The van der Waals surface area contributed by atoms with Crippen molar-refractivity contribution in [2.24, 2.45) is 0 Å². The van der Waals surface area contributed by atoms with E-state index in [1.807, 2.05) is 38.1 Å². The van der Waals surface area contributed by atoms with E-state index in [9.17, 15) is 4.79 Å². The summed E-state index contributed by atoms with van der Waals surface area (Å²) in [4.78, 5) is 14.0. The molecular formula is C15H21N5O. The minimum absolute atomic E-state index is 0.0885. The molecule has 0 bridgehead atoms. The number of anilines is 3. The smallest absolute Gasteiger partial charge is 0.273 e. The molecular weight excluding hydrogens is 266 g/mol. The molecule has 1 amide bonds. The van der Waals surface area contributed by atoms with E-state index in [1.54, 1.807) is 23.7 Å². The van der Waals surface area contributed by atoms with E-state index in [1.165, 1.54) is 0 Å². The van der Waals surface area contributed by atoms with Crippen molar-refractivity contribution >= 4 is 23.0 Å². The van der Waals surface area contributed by atoms with Gasteiger partial charge >= 0.3 is 0 Å². The topological polar surface area (TPSA) is 76.2 Å². The van der Waals surface area contributed by atoms with Crippen molar-refractivity contribution in [3.8, 4) is 0 Å². The van der Waals surface area contributed by atoms with E-state index in [2.05, 4.69) is 10.4 Å². The van der Waals surface area contributed by atoms with E-state index in [0.717, 1.165) is 11.4 Å². The number of nitrogens with zero attached hydrogens (tertiary/aromatic N) is 3. The summed E-state index contributed by atoms with van der Waals surface area (Å²) in [6, 6.07) is 7.46. The summed E-state index contributed by atoms with van der Waals surface area (Å²) in [5, 5.41) is 7.67. The zero-order chi connectivity index (χ0) is 15.6. The molecule has 6 heteroatoms. The zero-order valence-corrected chi connectivity index (χ0v) is 12.8. The van der Waals surface area contributed by atoms with Gasteiger partial charge in [0.25, 0.3) is 5.91 Å². The van der Waals surface area contributed by atoms with Crippen LogP contribution in [-0.4, -0.2) is 34.7 Å². The highest BCUT2D eigenvalue weighted by Gasteiger charge is 2.23. The van der Waals surface area contributed by atoms with Crippen molar-refractivity contribution in [2.75, 3.05) is 25.1 Å². The number of amides is 1. The van der Waals surface area contributed by atoms with Crippen molar-refractivity contribution in [3.05, 3.63) is 35.7 Å². The molecule has 0 spiro atoms. The number of aryl methyl sites for hydroxylation is 2. The summed E-state index contributed by atoms with van der Waals surface area (Å²) >= 11 is 0. The zero-order valence-electron chi connectivity index (χ0n) is 12.8. The van der Waals surface area contributed by atoms with Crippen LogP contribution in [0.4, 0.5) is 17.1 Å². The molecule has 0 aliphatic rings. The lowest BCUT2D eigenvalue weighted by Crippen LogP contribution is -2.25. The summed E-state index contributed by atoms with van der Waals surface area (Å²) in [5.41, 5.74) is 9.37. The molecule has 1 aromatic heterocycles. The van der Waals surface area contributed by atoms with Crippen LogP contribution in [0.2, 0.25) is 0 Å². The number of aromatic nitrogens is 2. The van der Waals surface area contributed by atoms with Crippen molar-refractivity contribution in [3.63, 3.8) is 0 Å². The predicted molar refractivity (Wildman–Crippen MR) is 84.8 cm³/mol. The first-order valence-electron chi connectivity index (χ1n) is 6.86. The third kappa shape index (κ3) is 2.84. The molecule has 0 fully saturated rings. The monoisotopic (exact) mass is 287 g/mol. The Morgan fingerprint density at radius 1 is 1.38 bits per heavy atom. The minimum Gasteiger partial charge on any atom is -0.397 e. The number of hydrogen-bond donors (Lipinski definition) is 2. The van der Waals surface area contributed by atoms with Crippen molar-refractivity contribution < 1.29 is 4.79 Å². The average Bonchev–Trinajstić information content (AvgIpc) is 2.76. The van der Waals surface area contributed by atoms with Crippen molar-refractivity contribution in [2.45, 2.75) is 20.4 Å². The van der Waals surface area contributed by atoms with Gasteiger partial charge in [-0.05, 0) is 26.0 Å². The van der Waals surface area contributed by atoms with Gasteiger partial charge in [0.1, 0.15) is 5.69 Å². The van der Waals surface area contributed by atoms with Crippen LogP contribution in [0.1, 0.15) is 23.1 Å². The second-order valence-electron chi connectivity index (χ2n) is 5.04. The molecule has 0 radical (unpaired) electrons. The van der Waals surface area contributed by atoms with E-state index in [4.69, 9.17) is 5.73 Å². The third-order valence-electron chi connectivity index (χ3n) is 3.26. The summed E-state index contributed by atoms with van der Waals surface area (Å²) in [6.07, 6.45) is 0. The second kappa shape index (κ2) is 5.87. The van der Waals surface area contributed by atoms with E-state index < -0.39 is 0 Å². The van der Waals surface area contributed by atoms with Gasteiger partial charge in [0.05, 0.1) is 22.8 Å². The number of carbonyl (C=O) groups is 1. The fourth-order valence-corrected chi connectivity index (χ4v) is 2.13. The molecule has 0 saturated carbocycles. The number of hydrogen-bond acceptors (Lipinski definition) is 4. The normalized spacial score (nSPS) is 10.5. The Morgan fingerprint density at radius 3 is 2.62 bits per heavy atom. The van der Waals surface area contributed by atoms with Crippen LogP contribution in [0.3, 0.4) is 0 Å². The van der Waals surface area contributed by atoms with Gasteiger partial charge in [-0.25, -0.2) is 0 Å². The molecule has 21 heavy (non-hydrogen) atoms. The van der Waals surface area contributed by atoms with Gasteiger partial charge in [0, 0.05) is 20.6 Å². The second-order valence-corrected chi connectivity index (χ2v) is 5.04. The molecule has 0 aliphatic heterocycles. The molecule has 6 nitrogen and oxygen atoms in total. The van der Waals surface area contributed by atoms with E-state index in [-0.39, 0.29) is 5.91 Å². The number of nitrogens with two attached hydrogens (primary N) is 1. The number of nitrogens with one attached hydrogen (secondary N) is 1. The Morgan fingerprint density at radius 2 is 2.05 bits per heavy atom. The standard InChI is InChI=1S/C15H21N5O/c1-5-20-14(15(21)19(3)4)13(10(2)18-20)17-12-9-7-6-8-11(12)16/h6-9,17H,5,16H2,1-4H3. The Labute approximate surface area is 124 Å². The number of benzene rings is 1. The highest BCUT2D eigenvalue weighted by molar-refractivity contribution is 5.99.